The fourth-order valence-electron chi connectivity index (χ4n) is 3.63. The lowest BCUT2D eigenvalue weighted by Crippen LogP contribution is -2.19. The van der Waals surface area contributed by atoms with Gasteiger partial charge in [-0.15, -0.1) is 0 Å². The van der Waals surface area contributed by atoms with Crippen LogP contribution in [0.2, 0.25) is 0 Å². The standard InChI is InChI=1S/C24H26N4O4S/c1-15(2)33(30,31)14-19-12-20(18-11-16(3)23(29)28(5)13-18)26-24(25-19)32-21-8-6-7-17-9-10-27(4)22(17)21/h6-13,15H,14H2,1-5H3. The molecule has 0 atom stereocenters. The van der Waals surface area contributed by atoms with E-state index < -0.39 is 15.1 Å². The van der Waals surface area contributed by atoms with Crippen molar-refractivity contribution in [1.82, 2.24) is 19.1 Å². The lowest BCUT2D eigenvalue weighted by atomic mass is 10.1. The van der Waals surface area contributed by atoms with E-state index in [1.54, 1.807) is 46.1 Å². The number of hydrogen-bond acceptors (Lipinski definition) is 6. The number of ether oxygens (including phenoxy) is 1. The second-order valence-electron chi connectivity index (χ2n) is 8.43. The Morgan fingerprint density at radius 2 is 1.82 bits per heavy atom. The Kier molecular flexibility index (Phi) is 5.84. The second-order valence-corrected chi connectivity index (χ2v) is 11.0. The highest BCUT2D eigenvalue weighted by Crippen LogP contribution is 2.30. The number of sulfone groups is 1. The highest BCUT2D eigenvalue weighted by Gasteiger charge is 2.20. The van der Waals surface area contributed by atoms with Crippen LogP contribution in [0.3, 0.4) is 0 Å². The van der Waals surface area contributed by atoms with Crippen LogP contribution >= 0.6 is 0 Å². The van der Waals surface area contributed by atoms with E-state index in [0.29, 0.717) is 28.3 Å². The molecule has 3 heterocycles. The Morgan fingerprint density at radius 1 is 1.06 bits per heavy atom. The van der Waals surface area contributed by atoms with Crippen LogP contribution < -0.4 is 10.3 Å². The zero-order chi connectivity index (χ0) is 23.9. The van der Waals surface area contributed by atoms with E-state index in [9.17, 15) is 13.2 Å². The molecule has 0 N–H and O–H groups in total. The van der Waals surface area contributed by atoms with E-state index in [0.717, 1.165) is 10.9 Å². The van der Waals surface area contributed by atoms with Crippen molar-refractivity contribution in [2.75, 3.05) is 0 Å². The molecule has 172 valence electrons. The minimum Gasteiger partial charge on any atom is -0.422 e. The summed E-state index contributed by atoms with van der Waals surface area (Å²) < 4.78 is 34.7. The Morgan fingerprint density at radius 3 is 2.52 bits per heavy atom. The lowest BCUT2D eigenvalue weighted by molar-refractivity contribution is 0.443. The third kappa shape index (κ3) is 4.54. The van der Waals surface area contributed by atoms with Crippen LogP contribution in [-0.4, -0.2) is 32.8 Å². The van der Waals surface area contributed by atoms with Gasteiger partial charge in [0.05, 0.1) is 27.9 Å². The average Bonchev–Trinajstić information content (AvgIpc) is 3.13. The zero-order valence-corrected chi connectivity index (χ0v) is 20.0. The van der Waals surface area contributed by atoms with E-state index >= 15 is 0 Å². The van der Waals surface area contributed by atoms with E-state index in [1.807, 2.05) is 42.1 Å². The number of hydrogen-bond donors (Lipinski definition) is 0. The Labute approximate surface area is 192 Å². The summed E-state index contributed by atoms with van der Waals surface area (Å²) in [5.74, 6) is 0.321. The molecule has 0 amide bonds. The maximum absolute atomic E-state index is 12.6. The van der Waals surface area contributed by atoms with Crippen molar-refractivity contribution in [1.29, 1.82) is 0 Å². The van der Waals surface area contributed by atoms with Crippen molar-refractivity contribution >= 4 is 20.7 Å². The van der Waals surface area contributed by atoms with Crippen molar-refractivity contribution in [3.8, 4) is 23.0 Å². The van der Waals surface area contributed by atoms with E-state index in [1.165, 1.54) is 4.57 Å². The van der Waals surface area contributed by atoms with E-state index in [-0.39, 0.29) is 17.3 Å². The molecule has 0 aliphatic carbocycles. The summed E-state index contributed by atoms with van der Waals surface area (Å²) in [5, 5.41) is 0.458. The molecule has 4 aromatic rings. The highest BCUT2D eigenvalue weighted by atomic mass is 32.2. The molecule has 33 heavy (non-hydrogen) atoms. The topological polar surface area (TPSA) is 96.1 Å². The third-order valence-electron chi connectivity index (χ3n) is 5.55. The van der Waals surface area contributed by atoms with Crippen LogP contribution in [0.1, 0.15) is 25.1 Å². The largest absolute Gasteiger partial charge is 0.422 e. The van der Waals surface area contributed by atoms with Gasteiger partial charge < -0.3 is 13.9 Å². The molecule has 4 rings (SSSR count). The molecular weight excluding hydrogens is 440 g/mol. The summed E-state index contributed by atoms with van der Waals surface area (Å²) in [6.07, 6.45) is 3.60. The summed E-state index contributed by atoms with van der Waals surface area (Å²) in [6, 6.07) is 11.1. The molecule has 8 nitrogen and oxygen atoms in total. The summed E-state index contributed by atoms with van der Waals surface area (Å²) >= 11 is 0. The van der Waals surface area contributed by atoms with E-state index in [4.69, 9.17) is 4.74 Å². The third-order valence-corrected chi connectivity index (χ3v) is 7.68. The lowest BCUT2D eigenvalue weighted by Gasteiger charge is -2.13. The number of aryl methyl sites for hydroxylation is 3. The molecule has 3 aromatic heterocycles. The first kappa shape index (κ1) is 22.7. The smallest absolute Gasteiger partial charge is 0.322 e. The van der Waals surface area contributed by atoms with Crippen molar-refractivity contribution in [3.05, 3.63) is 70.4 Å². The summed E-state index contributed by atoms with van der Waals surface area (Å²) in [7, 11) is 0.181. The van der Waals surface area contributed by atoms with Gasteiger partial charge in [0.15, 0.2) is 15.6 Å². The summed E-state index contributed by atoms with van der Waals surface area (Å²) in [5.41, 5.74) is 2.80. The zero-order valence-electron chi connectivity index (χ0n) is 19.2. The molecule has 0 spiro atoms. The maximum atomic E-state index is 12.6. The number of pyridine rings is 1. The molecular formula is C24H26N4O4S. The number of rotatable bonds is 6. The molecule has 0 unspecified atom stereocenters. The van der Waals surface area contributed by atoms with Gasteiger partial charge in [0, 0.05) is 43.0 Å². The maximum Gasteiger partial charge on any atom is 0.322 e. The Bertz CT molecular complexity index is 1490. The SMILES string of the molecule is Cc1cc(-c2cc(CS(=O)(=O)C(C)C)nc(Oc3cccc4ccn(C)c34)n2)cn(C)c1=O. The monoisotopic (exact) mass is 466 g/mol. The van der Waals surface area contributed by atoms with Crippen LogP contribution in [0.15, 0.2) is 53.6 Å². The fraction of sp³-hybridized carbons (Fsp3) is 0.292. The minimum absolute atomic E-state index is 0.0432. The van der Waals surface area contributed by atoms with Gasteiger partial charge in [-0.05, 0) is 45.0 Å². The van der Waals surface area contributed by atoms with Gasteiger partial charge in [-0.1, -0.05) is 12.1 Å². The Hall–Kier alpha value is -3.46. The van der Waals surface area contributed by atoms with Crippen molar-refractivity contribution < 1.29 is 13.2 Å². The second kappa shape index (κ2) is 8.47. The number of aromatic nitrogens is 4. The summed E-state index contributed by atoms with van der Waals surface area (Å²) in [6.45, 7) is 5.01. The molecule has 0 saturated heterocycles. The number of nitrogens with zero attached hydrogens (tertiary/aromatic N) is 4. The molecule has 1 aromatic carbocycles. The number of para-hydroxylation sites is 1. The van der Waals surface area contributed by atoms with Gasteiger partial charge in [0.1, 0.15) is 0 Å². The van der Waals surface area contributed by atoms with Crippen molar-refractivity contribution in [2.45, 2.75) is 31.8 Å². The van der Waals surface area contributed by atoms with Gasteiger partial charge in [-0.2, -0.15) is 9.97 Å². The molecule has 0 saturated carbocycles. The van der Waals surface area contributed by atoms with Gasteiger partial charge in [-0.3, -0.25) is 4.79 Å². The van der Waals surface area contributed by atoms with Crippen molar-refractivity contribution in [2.24, 2.45) is 14.1 Å². The first-order valence-corrected chi connectivity index (χ1v) is 12.3. The molecule has 0 radical (unpaired) electrons. The van der Waals surface area contributed by atoms with Crippen LogP contribution in [0.25, 0.3) is 22.2 Å². The van der Waals surface area contributed by atoms with Gasteiger partial charge in [0.25, 0.3) is 5.56 Å². The van der Waals surface area contributed by atoms with Crippen LogP contribution in [0, 0.1) is 6.92 Å². The molecule has 0 bridgehead atoms. The fourth-order valence-corrected chi connectivity index (χ4v) is 4.52. The molecule has 9 heteroatoms. The van der Waals surface area contributed by atoms with Gasteiger partial charge >= 0.3 is 6.01 Å². The van der Waals surface area contributed by atoms with Gasteiger partial charge in [-0.25, -0.2) is 8.42 Å². The molecule has 0 aliphatic heterocycles. The molecule has 0 fully saturated rings. The normalized spacial score (nSPS) is 11.9. The minimum atomic E-state index is -3.40. The first-order chi connectivity index (χ1) is 15.5. The van der Waals surface area contributed by atoms with Crippen LogP contribution in [0.4, 0.5) is 0 Å². The van der Waals surface area contributed by atoms with E-state index in [2.05, 4.69) is 9.97 Å². The number of benzene rings is 1. The van der Waals surface area contributed by atoms with Crippen LogP contribution in [0.5, 0.6) is 11.8 Å². The molecule has 0 aliphatic rings. The summed E-state index contributed by atoms with van der Waals surface area (Å²) in [4.78, 5) is 21.1. The number of fused-ring (bicyclic) bond motifs is 1. The van der Waals surface area contributed by atoms with Crippen LogP contribution in [-0.2, 0) is 29.7 Å². The first-order valence-electron chi connectivity index (χ1n) is 10.5. The predicted molar refractivity (Wildman–Crippen MR) is 128 cm³/mol. The Balaban J connectivity index is 1.85. The predicted octanol–water partition coefficient (Wildman–Crippen LogP) is 3.76. The quantitative estimate of drug-likeness (QED) is 0.429. The van der Waals surface area contributed by atoms with Crippen molar-refractivity contribution in [3.63, 3.8) is 0 Å². The van der Waals surface area contributed by atoms with Gasteiger partial charge in [0.2, 0.25) is 0 Å². The highest BCUT2D eigenvalue weighted by molar-refractivity contribution is 7.91. The average molecular weight is 467 g/mol.